The zero-order chi connectivity index (χ0) is 19.6. The molecule has 2 aromatic carbocycles. The third-order valence-corrected chi connectivity index (χ3v) is 6.80. The van der Waals surface area contributed by atoms with Gasteiger partial charge in [-0.3, -0.25) is 4.57 Å². The lowest BCUT2D eigenvalue weighted by molar-refractivity contribution is 0.122. The number of benzene rings is 2. The maximum atomic E-state index is 13.9. The van der Waals surface area contributed by atoms with Gasteiger partial charge >= 0.3 is 0 Å². The van der Waals surface area contributed by atoms with E-state index < -0.39 is 0 Å². The van der Waals surface area contributed by atoms with Crippen LogP contribution >= 0.6 is 23.1 Å². The van der Waals surface area contributed by atoms with Crippen molar-refractivity contribution in [3.8, 4) is 5.69 Å². The molecule has 3 heterocycles. The molecule has 2 aromatic heterocycles. The number of fused-ring (bicyclic) bond motifs is 1. The van der Waals surface area contributed by atoms with E-state index in [1.54, 1.807) is 29.2 Å². The van der Waals surface area contributed by atoms with Crippen LogP contribution in [0.4, 0.5) is 10.3 Å². The van der Waals surface area contributed by atoms with Gasteiger partial charge in [0.1, 0.15) is 10.8 Å². The number of hydrogen-bond acceptors (Lipinski definition) is 7. The predicted molar refractivity (Wildman–Crippen MR) is 114 cm³/mol. The van der Waals surface area contributed by atoms with Crippen molar-refractivity contribution in [3.63, 3.8) is 0 Å². The Kier molecular flexibility index (Phi) is 5.17. The van der Waals surface area contributed by atoms with E-state index in [0.717, 1.165) is 28.8 Å². The minimum atomic E-state index is -0.286. The maximum Gasteiger partial charge on any atom is 0.232 e. The highest BCUT2D eigenvalue weighted by atomic mass is 32.2. The molecule has 0 unspecified atom stereocenters. The van der Waals surface area contributed by atoms with Gasteiger partial charge in [0, 0.05) is 13.1 Å². The van der Waals surface area contributed by atoms with Crippen LogP contribution in [-0.4, -0.2) is 46.1 Å². The molecule has 1 aliphatic rings. The lowest BCUT2D eigenvalue weighted by Gasteiger charge is -2.27. The van der Waals surface area contributed by atoms with Crippen LogP contribution in [0.15, 0.2) is 53.7 Å². The number of halogens is 1. The number of thioether (sulfide) groups is 1. The first-order chi connectivity index (χ1) is 14.3. The molecule has 5 rings (SSSR count). The van der Waals surface area contributed by atoms with Crippen molar-refractivity contribution in [3.05, 3.63) is 59.4 Å². The van der Waals surface area contributed by atoms with E-state index in [0.29, 0.717) is 30.6 Å². The quantitative estimate of drug-likeness (QED) is 0.446. The molecule has 1 saturated heterocycles. The molecular formula is C20H18FN5OS2. The monoisotopic (exact) mass is 427 g/mol. The van der Waals surface area contributed by atoms with Crippen molar-refractivity contribution in [2.75, 3.05) is 31.2 Å². The lowest BCUT2D eigenvalue weighted by Crippen LogP contribution is -2.37. The first-order valence-corrected chi connectivity index (χ1v) is 11.1. The Morgan fingerprint density at radius 1 is 1.07 bits per heavy atom. The first-order valence-electron chi connectivity index (χ1n) is 9.29. The molecule has 4 aromatic rings. The topological polar surface area (TPSA) is 56.1 Å². The number of rotatable bonds is 5. The molecule has 1 fully saturated rings. The Balaban J connectivity index is 1.47. The fourth-order valence-corrected chi connectivity index (χ4v) is 5.18. The molecule has 0 aliphatic carbocycles. The number of para-hydroxylation sites is 1. The highest BCUT2D eigenvalue weighted by molar-refractivity contribution is 7.98. The Hall–Kier alpha value is -2.49. The van der Waals surface area contributed by atoms with Crippen LogP contribution in [0, 0.1) is 5.82 Å². The molecule has 9 heteroatoms. The van der Waals surface area contributed by atoms with E-state index in [1.165, 1.54) is 16.8 Å². The lowest BCUT2D eigenvalue weighted by atomic mass is 10.3. The van der Waals surface area contributed by atoms with Gasteiger partial charge in [-0.05, 0) is 30.3 Å². The summed E-state index contributed by atoms with van der Waals surface area (Å²) < 4.78 is 22.5. The Bertz CT molecular complexity index is 1110. The number of hydrogen-bond donors (Lipinski definition) is 0. The van der Waals surface area contributed by atoms with E-state index in [-0.39, 0.29) is 5.82 Å². The van der Waals surface area contributed by atoms with Crippen molar-refractivity contribution < 1.29 is 9.13 Å². The van der Waals surface area contributed by atoms with Gasteiger partial charge in [0.15, 0.2) is 5.16 Å². The van der Waals surface area contributed by atoms with E-state index in [2.05, 4.69) is 21.2 Å². The van der Waals surface area contributed by atoms with Crippen molar-refractivity contribution in [1.82, 2.24) is 19.7 Å². The van der Waals surface area contributed by atoms with Crippen molar-refractivity contribution >= 4 is 39.3 Å². The highest BCUT2D eigenvalue weighted by Crippen LogP contribution is 2.31. The molecule has 0 amide bonds. The second-order valence-electron chi connectivity index (χ2n) is 6.56. The normalized spacial score (nSPS) is 14.6. The molecule has 0 bridgehead atoms. The van der Waals surface area contributed by atoms with E-state index in [9.17, 15) is 4.39 Å². The highest BCUT2D eigenvalue weighted by Gasteiger charge is 2.22. The van der Waals surface area contributed by atoms with E-state index >= 15 is 0 Å². The summed E-state index contributed by atoms with van der Waals surface area (Å²) in [5.74, 6) is 1.10. The smallest absolute Gasteiger partial charge is 0.232 e. The van der Waals surface area contributed by atoms with Gasteiger partial charge < -0.3 is 9.64 Å². The summed E-state index contributed by atoms with van der Waals surface area (Å²) >= 11 is 3.24. The summed E-state index contributed by atoms with van der Waals surface area (Å²) in [5.41, 5.74) is 1.72. The standard InChI is InChI=1S/C20H18FN5OS2/c21-14-4-3-5-15(12-14)26-19(25-8-10-27-11-9-25)23-24-20(26)28-13-18-22-16-6-1-2-7-17(16)29-18/h1-7,12H,8-11,13H2. The van der Waals surface area contributed by atoms with Gasteiger partial charge in [-0.15, -0.1) is 21.5 Å². The summed E-state index contributed by atoms with van der Waals surface area (Å²) in [4.78, 5) is 6.82. The Morgan fingerprint density at radius 2 is 1.93 bits per heavy atom. The number of ether oxygens (including phenoxy) is 1. The average molecular weight is 428 g/mol. The van der Waals surface area contributed by atoms with Crippen molar-refractivity contribution in [2.24, 2.45) is 0 Å². The van der Waals surface area contributed by atoms with Crippen LogP contribution in [-0.2, 0) is 10.5 Å². The van der Waals surface area contributed by atoms with Crippen LogP contribution in [0.2, 0.25) is 0 Å². The van der Waals surface area contributed by atoms with E-state index in [4.69, 9.17) is 9.72 Å². The van der Waals surface area contributed by atoms with Gasteiger partial charge in [0.2, 0.25) is 5.95 Å². The van der Waals surface area contributed by atoms with Gasteiger partial charge in [0.05, 0.1) is 34.9 Å². The van der Waals surface area contributed by atoms with Crippen molar-refractivity contribution in [1.29, 1.82) is 0 Å². The predicted octanol–water partition coefficient (Wildman–Crippen LogP) is 4.15. The van der Waals surface area contributed by atoms with Crippen LogP contribution in [0.25, 0.3) is 15.9 Å². The summed E-state index contributed by atoms with van der Waals surface area (Å²) in [6.07, 6.45) is 0. The molecule has 6 nitrogen and oxygen atoms in total. The second kappa shape index (κ2) is 8.10. The molecule has 0 atom stereocenters. The number of anilines is 1. The molecule has 1 aliphatic heterocycles. The summed E-state index contributed by atoms with van der Waals surface area (Å²) in [6.45, 7) is 2.75. The number of thiazole rings is 1. The van der Waals surface area contributed by atoms with Crippen LogP contribution in [0.3, 0.4) is 0 Å². The Labute approximate surface area is 175 Å². The fraction of sp³-hybridized carbons (Fsp3) is 0.250. The molecule has 0 N–H and O–H groups in total. The van der Waals surface area contributed by atoms with Gasteiger partial charge in [-0.2, -0.15) is 0 Å². The SMILES string of the molecule is Fc1cccc(-n2c(SCc3nc4ccccc4s3)nnc2N2CCOCC2)c1. The second-order valence-corrected chi connectivity index (χ2v) is 8.62. The maximum absolute atomic E-state index is 13.9. The minimum absolute atomic E-state index is 0.286. The summed E-state index contributed by atoms with van der Waals surface area (Å²) in [5, 5.41) is 10.6. The van der Waals surface area contributed by atoms with Crippen LogP contribution in [0.5, 0.6) is 0 Å². The third kappa shape index (κ3) is 3.85. The zero-order valence-electron chi connectivity index (χ0n) is 15.5. The zero-order valence-corrected chi connectivity index (χ0v) is 17.1. The Morgan fingerprint density at radius 3 is 2.76 bits per heavy atom. The first kappa shape index (κ1) is 18.5. The molecule has 0 radical (unpaired) electrons. The van der Waals surface area contributed by atoms with Crippen molar-refractivity contribution in [2.45, 2.75) is 10.9 Å². The molecule has 0 saturated carbocycles. The van der Waals surface area contributed by atoms with E-state index in [1.807, 2.05) is 28.8 Å². The fourth-order valence-electron chi connectivity index (χ4n) is 3.27. The minimum Gasteiger partial charge on any atom is -0.378 e. The third-order valence-electron chi connectivity index (χ3n) is 4.64. The van der Waals surface area contributed by atoms with Gasteiger partial charge in [0.25, 0.3) is 0 Å². The van der Waals surface area contributed by atoms with Gasteiger partial charge in [-0.1, -0.05) is 30.0 Å². The van der Waals surface area contributed by atoms with Gasteiger partial charge in [-0.25, -0.2) is 9.37 Å². The number of aromatic nitrogens is 4. The molecule has 29 heavy (non-hydrogen) atoms. The molecule has 0 spiro atoms. The van der Waals surface area contributed by atoms with Crippen LogP contribution in [0.1, 0.15) is 5.01 Å². The summed E-state index contributed by atoms with van der Waals surface area (Å²) in [6, 6.07) is 14.6. The van der Waals surface area contributed by atoms with Crippen LogP contribution < -0.4 is 4.90 Å². The summed E-state index contributed by atoms with van der Waals surface area (Å²) in [7, 11) is 0. The largest absolute Gasteiger partial charge is 0.378 e. The average Bonchev–Trinajstić information content (AvgIpc) is 3.36. The number of nitrogens with zero attached hydrogens (tertiary/aromatic N) is 5. The number of morpholine rings is 1. The molecular weight excluding hydrogens is 409 g/mol. The molecule has 148 valence electrons.